The predicted molar refractivity (Wildman–Crippen MR) is 80.6 cm³/mol. The van der Waals surface area contributed by atoms with Crippen molar-refractivity contribution in [2.75, 3.05) is 19.0 Å². The summed E-state index contributed by atoms with van der Waals surface area (Å²) in [4.78, 5) is 14.1. The van der Waals surface area contributed by atoms with E-state index in [1.54, 1.807) is 4.90 Å². The molecule has 0 bridgehead atoms. The molecule has 1 aliphatic carbocycles. The third kappa shape index (κ3) is 2.57. The van der Waals surface area contributed by atoms with Crippen molar-refractivity contribution in [2.24, 2.45) is 5.92 Å². The van der Waals surface area contributed by atoms with Gasteiger partial charge in [-0.25, -0.2) is 0 Å². The zero-order valence-electron chi connectivity index (χ0n) is 12.1. The second-order valence-electron chi connectivity index (χ2n) is 5.66. The van der Waals surface area contributed by atoms with Crippen molar-refractivity contribution in [3.05, 3.63) is 29.3 Å². The van der Waals surface area contributed by atoms with Gasteiger partial charge in [-0.15, -0.1) is 0 Å². The number of benzene rings is 1. The third-order valence-electron chi connectivity index (χ3n) is 4.12. The molecule has 0 unspecified atom stereocenters. The normalized spacial score (nSPS) is 21.8. The van der Waals surface area contributed by atoms with E-state index in [4.69, 9.17) is 0 Å². The first-order valence-electron chi connectivity index (χ1n) is 7.28. The van der Waals surface area contributed by atoms with Crippen molar-refractivity contribution in [1.82, 2.24) is 5.32 Å². The maximum absolute atomic E-state index is 12.4. The number of anilines is 1. The average molecular weight is 268 g/mol. The fraction of sp³-hybridized carbons (Fsp3) is 0.471. The van der Waals surface area contributed by atoms with E-state index in [0.29, 0.717) is 5.92 Å². The molecule has 0 radical (unpaired) electrons. The fourth-order valence-electron chi connectivity index (χ4n) is 2.62. The summed E-state index contributed by atoms with van der Waals surface area (Å²) in [7, 11) is 3.70. The van der Waals surface area contributed by atoms with E-state index in [0.717, 1.165) is 24.1 Å². The number of rotatable bonds is 1. The predicted octanol–water partition coefficient (Wildman–Crippen LogP) is 1.95. The molecule has 1 aromatic carbocycles. The highest BCUT2D eigenvalue weighted by atomic mass is 16.2. The molecular weight excluding hydrogens is 248 g/mol. The van der Waals surface area contributed by atoms with Crippen LogP contribution in [0.2, 0.25) is 0 Å². The van der Waals surface area contributed by atoms with E-state index in [-0.39, 0.29) is 11.9 Å². The highest BCUT2D eigenvalue weighted by Gasteiger charge is 2.26. The molecule has 0 spiro atoms. The molecule has 0 aromatic heterocycles. The van der Waals surface area contributed by atoms with E-state index in [2.05, 4.69) is 35.4 Å². The molecule has 104 valence electrons. The van der Waals surface area contributed by atoms with Gasteiger partial charge >= 0.3 is 0 Å². The maximum Gasteiger partial charge on any atom is 0.243 e. The van der Waals surface area contributed by atoms with Crippen LogP contribution in [0.3, 0.4) is 0 Å². The Morgan fingerprint density at radius 3 is 2.80 bits per heavy atom. The smallest absolute Gasteiger partial charge is 0.243 e. The first kappa shape index (κ1) is 13.2. The van der Waals surface area contributed by atoms with E-state index < -0.39 is 0 Å². The van der Waals surface area contributed by atoms with Crippen molar-refractivity contribution < 1.29 is 4.79 Å². The monoisotopic (exact) mass is 268 g/mol. The van der Waals surface area contributed by atoms with Crippen LogP contribution < -0.4 is 10.2 Å². The lowest BCUT2D eigenvalue weighted by molar-refractivity contribution is -0.120. The highest BCUT2D eigenvalue weighted by molar-refractivity contribution is 5.98. The van der Waals surface area contributed by atoms with Crippen LogP contribution in [0.4, 0.5) is 5.69 Å². The molecule has 1 heterocycles. The van der Waals surface area contributed by atoms with Gasteiger partial charge in [-0.2, -0.15) is 0 Å². The fourth-order valence-corrected chi connectivity index (χ4v) is 2.62. The standard InChI is InChI=1S/C17H20N2O/c1-18-15-10-9-14-8-7-13(6-5-12-3-4-12)11-16(14)19(2)17(15)20/h7-8,11-12,15,18H,3-4,9-10H2,1-2H3/t15-/m0/s1. The van der Waals surface area contributed by atoms with Crippen molar-refractivity contribution in [1.29, 1.82) is 0 Å². The Bertz CT molecular complexity index is 593. The average Bonchev–Trinajstić information content (AvgIpc) is 3.29. The van der Waals surface area contributed by atoms with Crippen molar-refractivity contribution in [3.8, 4) is 11.8 Å². The second kappa shape index (κ2) is 5.30. The van der Waals surface area contributed by atoms with Crippen LogP contribution in [0.15, 0.2) is 18.2 Å². The molecule has 3 heteroatoms. The molecule has 1 aromatic rings. The minimum Gasteiger partial charge on any atom is -0.314 e. The molecule has 20 heavy (non-hydrogen) atoms. The number of nitrogens with one attached hydrogen (secondary N) is 1. The number of carbonyl (C=O) groups excluding carboxylic acids is 1. The van der Waals surface area contributed by atoms with Crippen molar-refractivity contribution in [2.45, 2.75) is 31.7 Å². The summed E-state index contributed by atoms with van der Waals surface area (Å²) in [5.74, 6) is 7.25. The van der Waals surface area contributed by atoms with Gasteiger partial charge in [0.05, 0.1) is 6.04 Å². The van der Waals surface area contributed by atoms with E-state index in [1.807, 2.05) is 14.1 Å². The van der Waals surface area contributed by atoms with Gasteiger partial charge in [-0.05, 0) is 50.4 Å². The number of hydrogen-bond donors (Lipinski definition) is 1. The van der Waals surface area contributed by atoms with Gasteiger partial charge in [0.15, 0.2) is 0 Å². The molecule has 0 saturated heterocycles. The van der Waals surface area contributed by atoms with Crippen LogP contribution in [-0.2, 0) is 11.2 Å². The largest absolute Gasteiger partial charge is 0.314 e. The van der Waals surface area contributed by atoms with Crippen LogP contribution in [0.1, 0.15) is 30.4 Å². The number of carbonyl (C=O) groups is 1. The molecule has 1 saturated carbocycles. The molecule has 1 N–H and O–H groups in total. The topological polar surface area (TPSA) is 32.3 Å². The quantitative estimate of drug-likeness (QED) is 0.790. The van der Waals surface area contributed by atoms with Gasteiger partial charge in [0.1, 0.15) is 0 Å². The Morgan fingerprint density at radius 2 is 2.10 bits per heavy atom. The minimum atomic E-state index is -0.0894. The number of likely N-dealkylation sites (N-methyl/N-ethyl adjacent to an activating group) is 2. The van der Waals surface area contributed by atoms with Crippen LogP contribution in [0, 0.1) is 17.8 Å². The summed E-state index contributed by atoms with van der Waals surface area (Å²) in [5, 5.41) is 3.10. The van der Waals surface area contributed by atoms with Crippen molar-refractivity contribution >= 4 is 11.6 Å². The van der Waals surface area contributed by atoms with Crippen LogP contribution in [0.25, 0.3) is 0 Å². The molecule has 2 aliphatic rings. The highest BCUT2D eigenvalue weighted by Crippen LogP contribution is 2.29. The Labute approximate surface area is 120 Å². The van der Waals surface area contributed by atoms with Crippen LogP contribution >= 0.6 is 0 Å². The van der Waals surface area contributed by atoms with Gasteiger partial charge in [0.2, 0.25) is 5.91 Å². The summed E-state index contributed by atoms with van der Waals surface area (Å²) >= 11 is 0. The third-order valence-corrected chi connectivity index (χ3v) is 4.12. The lowest BCUT2D eigenvalue weighted by Crippen LogP contribution is -2.42. The van der Waals surface area contributed by atoms with E-state index in [9.17, 15) is 4.79 Å². The number of fused-ring (bicyclic) bond motifs is 1. The summed E-state index contributed by atoms with van der Waals surface area (Å²) in [6.07, 6.45) is 4.24. The second-order valence-corrected chi connectivity index (χ2v) is 5.66. The maximum atomic E-state index is 12.4. The van der Waals surface area contributed by atoms with E-state index >= 15 is 0 Å². The zero-order valence-corrected chi connectivity index (χ0v) is 12.1. The van der Waals surface area contributed by atoms with Gasteiger partial charge in [-0.1, -0.05) is 17.9 Å². The lowest BCUT2D eigenvalue weighted by Gasteiger charge is -2.21. The molecule has 1 fully saturated rings. The molecule has 1 atom stereocenters. The number of aryl methyl sites for hydroxylation is 1. The summed E-state index contributed by atoms with van der Waals surface area (Å²) < 4.78 is 0. The lowest BCUT2D eigenvalue weighted by atomic mass is 10.0. The molecule has 3 rings (SSSR count). The first-order chi connectivity index (χ1) is 9.69. The Morgan fingerprint density at radius 1 is 1.30 bits per heavy atom. The number of nitrogens with zero attached hydrogens (tertiary/aromatic N) is 1. The number of hydrogen-bond acceptors (Lipinski definition) is 2. The summed E-state index contributed by atoms with van der Waals surface area (Å²) in [5.41, 5.74) is 3.25. The SMILES string of the molecule is CN[C@H]1CCc2ccc(C#CC3CC3)cc2N(C)C1=O. The zero-order chi connectivity index (χ0) is 14.1. The van der Waals surface area contributed by atoms with E-state index in [1.165, 1.54) is 18.4 Å². The Balaban J connectivity index is 1.92. The van der Waals surface area contributed by atoms with Crippen LogP contribution in [0.5, 0.6) is 0 Å². The molecule has 1 amide bonds. The van der Waals surface area contributed by atoms with Gasteiger partial charge in [0.25, 0.3) is 0 Å². The molecule has 1 aliphatic heterocycles. The molecular formula is C17H20N2O. The van der Waals surface area contributed by atoms with Gasteiger partial charge in [-0.3, -0.25) is 4.79 Å². The van der Waals surface area contributed by atoms with Gasteiger partial charge < -0.3 is 10.2 Å². The Kier molecular flexibility index (Phi) is 3.50. The first-order valence-corrected chi connectivity index (χ1v) is 7.28. The Hall–Kier alpha value is -1.79. The molecule has 3 nitrogen and oxygen atoms in total. The number of amides is 1. The summed E-state index contributed by atoms with van der Waals surface area (Å²) in [6.45, 7) is 0. The minimum absolute atomic E-state index is 0.0894. The van der Waals surface area contributed by atoms with Gasteiger partial charge in [0, 0.05) is 24.2 Å². The van der Waals surface area contributed by atoms with Crippen LogP contribution in [-0.4, -0.2) is 26.0 Å². The van der Waals surface area contributed by atoms with Crippen molar-refractivity contribution in [3.63, 3.8) is 0 Å². The summed E-state index contributed by atoms with van der Waals surface area (Å²) in [6, 6.07) is 6.16.